The molecule has 6 nitrogen and oxygen atoms in total. The van der Waals surface area contributed by atoms with Gasteiger partial charge in [-0.1, -0.05) is 18.2 Å². The second kappa shape index (κ2) is 7.61. The first-order valence-corrected chi connectivity index (χ1v) is 9.15. The van der Waals surface area contributed by atoms with Gasteiger partial charge in [0.1, 0.15) is 5.75 Å². The Hall–Kier alpha value is -3.15. The van der Waals surface area contributed by atoms with Crippen molar-refractivity contribution in [3.63, 3.8) is 0 Å². The van der Waals surface area contributed by atoms with Crippen LogP contribution in [0, 0.1) is 0 Å². The van der Waals surface area contributed by atoms with E-state index >= 15 is 0 Å². The van der Waals surface area contributed by atoms with Crippen LogP contribution >= 0.6 is 0 Å². The number of benzene rings is 1. The van der Waals surface area contributed by atoms with Gasteiger partial charge >= 0.3 is 0 Å². The zero-order chi connectivity index (χ0) is 18.6. The number of methoxy groups -OCH3 is 1. The molecule has 0 N–H and O–H groups in total. The Morgan fingerprint density at radius 1 is 1.11 bits per heavy atom. The van der Waals surface area contributed by atoms with E-state index in [-0.39, 0.29) is 5.56 Å². The summed E-state index contributed by atoms with van der Waals surface area (Å²) in [6, 6.07) is 13.5. The van der Waals surface area contributed by atoms with E-state index in [0.717, 1.165) is 43.2 Å². The number of rotatable bonds is 6. The third kappa shape index (κ3) is 3.56. The van der Waals surface area contributed by atoms with Crippen molar-refractivity contribution in [2.75, 3.05) is 25.1 Å². The predicted octanol–water partition coefficient (Wildman–Crippen LogP) is 2.77. The lowest BCUT2D eigenvalue weighted by atomic mass is 10.1. The number of nitrogens with zero attached hydrogens (tertiary/aromatic N) is 4. The molecule has 0 atom stereocenters. The second-order valence-electron chi connectivity index (χ2n) is 6.57. The summed E-state index contributed by atoms with van der Waals surface area (Å²) in [4.78, 5) is 23.5. The molecule has 0 amide bonds. The van der Waals surface area contributed by atoms with E-state index in [4.69, 9.17) is 9.72 Å². The van der Waals surface area contributed by atoms with Crippen LogP contribution in [0.1, 0.15) is 12.0 Å². The highest BCUT2D eigenvalue weighted by atomic mass is 16.5. The minimum absolute atomic E-state index is 0.000888. The van der Waals surface area contributed by atoms with Crippen LogP contribution in [-0.4, -0.2) is 34.7 Å². The van der Waals surface area contributed by atoms with E-state index in [9.17, 15) is 4.79 Å². The summed E-state index contributed by atoms with van der Waals surface area (Å²) in [6.07, 6.45) is 5.32. The fourth-order valence-corrected chi connectivity index (χ4v) is 3.52. The Kier molecular flexibility index (Phi) is 4.87. The molecule has 0 saturated heterocycles. The Bertz CT molecular complexity index is 985. The predicted molar refractivity (Wildman–Crippen MR) is 105 cm³/mol. The molecule has 138 valence electrons. The number of ether oxygens (including phenoxy) is 1. The number of hydrogen-bond donors (Lipinski definition) is 0. The minimum Gasteiger partial charge on any atom is -0.496 e. The number of anilines is 1. The first-order chi connectivity index (χ1) is 13.3. The maximum Gasteiger partial charge on any atom is 0.255 e. The van der Waals surface area contributed by atoms with Crippen molar-refractivity contribution in [3.8, 4) is 17.0 Å². The Labute approximate surface area is 158 Å². The van der Waals surface area contributed by atoms with Gasteiger partial charge in [-0.2, -0.15) is 0 Å². The van der Waals surface area contributed by atoms with E-state index in [1.807, 2.05) is 30.3 Å². The molecule has 1 aliphatic rings. The van der Waals surface area contributed by atoms with Crippen LogP contribution in [0.3, 0.4) is 0 Å². The SMILES string of the molecule is COc1ccccc1CCCN1CCn2c1nc(-c1ccncc1)cc2=O. The number of aryl methyl sites for hydroxylation is 1. The van der Waals surface area contributed by atoms with Gasteiger partial charge < -0.3 is 9.64 Å². The Morgan fingerprint density at radius 2 is 1.93 bits per heavy atom. The first-order valence-electron chi connectivity index (χ1n) is 9.15. The number of para-hydroxylation sites is 1. The molecule has 0 radical (unpaired) electrons. The van der Waals surface area contributed by atoms with Crippen LogP contribution in [0.25, 0.3) is 11.3 Å². The number of fused-ring (bicyclic) bond motifs is 1. The molecule has 1 aliphatic heterocycles. The Morgan fingerprint density at radius 3 is 2.74 bits per heavy atom. The summed E-state index contributed by atoms with van der Waals surface area (Å²) in [7, 11) is 1.70. The summed E-state index contributed by atoms with van der Waals surface area (Å²) in [6.45, 7) is 2.35. The highest BCUT2D eigenvalue weighted by Gasteiger charge is 2.22. The van der Waals surface area contributed by atoms with Gasteiger partial charge in [0.25, 0.3) is 5.56 Å². The summed E-state index contributed by atoms with van der Waals surface area (Å²) in [5, 5.41) is 0. The largest absolute Gasteiger partial charge is 0.496 e. The van der Waals surface area contributed by atoms with E-state index in [1.54, 1.807) is 30.1 Å². The highest BCUT2D eigenvalue weighted by Crippen LogP contribution is 2.23. The van der Waals surface area contributed by atoms with E-state index < -0.39 is 0 Å². The summed E-state index contributed by atoms with van der Waals surface area (Å²) < 4.78 is 7.19. The molecule has 6 heteroatoms. The standard InChI is InChI=1S/C21H22N4O2/c1-27-19-7-3-2-5-17(19)6-4-12-24-13-14-25-20(26)15-18(23-21(24)25)16-8-10-22-11-9-16/h2-3,5,7-11,15H,4,6,12-14H2,1H3. The average molecular weight is 362 g/mol. The highest BCUT2D eigenvalue weighted by molar-refractivity contribution is 5.59. The molecule has 0 fully saturated rings. The topological polar surface area (TPSA) is 60.2 Å². The maximum atomic E-state index is 12.5. The normalized spacial score (nSPS) is 12.9. The fourth-order valence-electron chi connectivity index (χ4n) is 3.52. The molecule has 3 aromatic rings. The van der Waals surface area contributed by atoms with Gasteiger partial charge in [-0.25, -0.2) is 4.98 Å². The van der Waals surface area contributed by atoms with Gasteiger partial charge in [0, 0.05) is 43.7 Å². The van der Waals surface area contributed by atoms with Crippen LogP contribution in [0.4, 0.5) is 5.95 Å². The van der Waals surface area contributed by atoms with Gasteiger partial charge in [0.2, 0.25) is 5.95 Å². The molecule has 3 heterocycles. The lowest BCUT2D eigenvalue weighted by molar-refractivity contribution is 0.409. The number of aromatic nitrogens is 3. The van der Waals surface area contributed by atoms with Gasteiger partial charge in [0.05, 0.1) is 12.8 Å². The van der Waals surface area contributed by atoms with Crippen LogP contribution in [0.15, 0.2) is 59.7 Å². The van der Waals surface area contributed by atoms with Crippen LogP contribution < -0.4 is 15.2 Å². The van der Waals surface area contributed by atoms with Crippen molar-refractivity contribution in [1.82, 2.24) is 14.5 Å². The number of hydrogen-bond acceptors (Lipinski definition) is 5. The van der Waals surface area contributed by atoms with Crippen molar-refractivity contribution in [2.24, 2.45) is 0 Å². The lowest BCUT2D eigenvalue weighted by Crippen LogP contribution is -2.24. The Balaban J connectivity index is 1.51. The average Bonchev–Trinajstić information content (AvgIpc) is 3.12. The second-order valence-corrected chi connectivity index (χ2v) is 6.57. The molecule has 0 unspecified atom stereocenters. The molecule has 27 heavy (non-hydrogen) atoms. The van der Waals surface area contributed by atoms with E-state index in [0.29, 0.717) is 12.2 Å². The van der Waals surface area contributed by atoms with Crippen LogP contribution in [-0.2, 0) is 13.0 Å². The fraction of sp³-hybridized carbons (Fsp3) is 0.286. The molecule has 1 aromatic carbocycles. The summed E-state index contributed by atoms with van der Waals surface area (Å²) >= 11 is 0. The molecule has 4 rings (SSSR count). The third-order valence-corrected chi connectivity index (χ3v) is 4.91. The molecular formula is C21H22N4O2. The van der Waals surface area contributed by atoms with Gasteiger partial charge in [-0.15, -0.1) is 0 Å². The third-order valence-electron chi connectivity index (χ3n) is 4.91. The minimum atomic E-state index is -0.000888. The quantitative estimate of drug-likeness (QED) is 0.675. The van der Waals surface area contributed by atoms with Crippen molar-refractivity contribution in [2.45, 2.75) is 19.4 Å². The van der Waals surface area contributed by atoms with Gasteiger partial charge in [-0.3, -0.25) is 14.3 Å². The molecule has 0 bridgehead atoms. The molecule has 0 spiro atoms. The van der Waals surface area contributed by atoms with Gasteiger partial charge in [-0.05, 0) is 36.6 Å². The molecule has 2 aromatic heterocycles. The summed E-state index contributed by atoms with van der Waals surface area (Å²) in [5.41, 5.74) is 2.81. The molecular weight excluding hydrogens is 340 g/mol. The van der Waals surface area contributed by atoms with E-state index in [1.165, 1.54) is 5.56 Å². The van der Waals surface area contributed by atoms with Crippen molar-refractivity contribution >= 4 is 5.95 Å². The molecule has 0 saturated carbocycles. The van der Waals surface area contributed by atoms with Crippen LogP contribution in [0.5, 0.6) is 5.75 Å². The summed E-state index contributed by atoms with van der Waals surface area (Å²) in [5.74, 6) is 1.68. The first kappa shape index (κ1) is 17.3. The van der Waals surface area contributed by atoms with Gasteiger partial charge in [0.15, 0.2) is 0 Å². The smallest absolute Gasteiger partial charge is 0.255 e. The maximum absolute atomic E-state index is 12.5. The van der Waals surface area contributed by atoms with Crippen molar-refractivity contribution in [3.05, 3.63) is 70.8 Å². The monoisotopic (exact) mass is 362 g/mol. The zero-order valence-corrected chi connectivity index (χ0v) is 15.3. The zero-order valence-electron chi connectivity index (χ0n) is 15.3. The number of pyridine rings is 1. The van der Waals surface area contributed by atoms with Crippen molar-refractivity contribution in [1.29, 1.82) is 0 Å². The van der Waals surface area contributed by atoms with Crippen molar-refractivity contribution < 1.29 is 4.74 Å². The molecule has 0 aliphatic carbocycles. The van der Waals surface area contributed by atoms with E-state index in [2.05, 4.69) is 16.0 Å². The van der Waals surface area contributed by atoms with Crippen LogP contribution in [0.2, 0.25) is 0 Å². The lowest BCUT2D eigenvalue weighted by Gasteiger charge is -2.18.